The van der Waals surface area contributed by atoms with E-state index in [9.17, 15) is 4.79 Å². The van der Waals surface area contributed by atoms with Crippen LogP contribution in [0.1, 0.15) is 11.3 Å². The second kappa shape index (κ2) is 6.55. The van der Waals surface area contributed by atoms with Crippen LogP contribution in [-0.2, 0) is 24.8 Å². The van der Waals surface area contributed by atoms with E-state index in [1.54, 1.807) is 9.58 Å². The van der Waals surface area contributed by atoms with Gasteiger partial charge in [-0.25, -0.2) is 9.97 Å². The highest BCUT2D eigenvalue weighted by Gasteiger charge is 2.25. The van der Waals surface area contributed by atoms with Gasteiger partial charge in [0.1, 0.15) is 0 Å². The van der Waals surface area contributed by atoms with E-state index in [4.69, 9.17) is 9.97 Å². The minimum absolute atomic E-state index is 0.0709. The summed E-state index contributed by atoms with van der Waals surface area (Å²) in [6, 6.07) is 9.88. The summed E-state index contributed by atoms with van der Waals surface area (Å²) in [5.74, 6) is 0.592. The van der Waals surface area contributed by atoms with Crippen molar-refractivity contribution in [3.63, 3.8) is 0 Å². The van der Waals surface area contributed by atoms with Crippen LogP contribution in [0.5, 0.6) is 0 Å². The first-order valence-corrected chi connectivity index (χ1v) is 8.51. The molecule has 130 valence electrons. The van der Waals surface area contributed by atoms with Crippen LogP contribution in [0.2, 0.25) is 0 Å². The fraction of sp³-hybridized carbons (Fsp3) is 0.200. The zero-order chi connectivity index (χ0) is 18.1. The van der Waals surface area contributed by atoms with Gasteiger partial charge in [0.05, 0.1) is 24.1 Å². The monoisotopic (exact) mass is 345 g/mol. The van der Waals surface area contributed by atoms with Crippen molar-refractivity contribution in [2.45, 2.75) is 13.0 Å². The molecule has 0 fully saturated rings. The summed E-state index contributed by atoms with van der Waals surface area (Å²) in [6.45, 7) is 4.70. The molecule has 1 amide bonds. The van der Waals surface area contributed by atoms with Gasteiger partial charge in [-0.2, -0.15) is 5.10 Å². The molecule has 26 heavy (non-hydrogen) atoms. The van der Waals surface area contributed by atoms with Crippen LogP contribution in [-0.4, -0.2) is 37.1 Å². The number of hydrogen-bond donors (Lipinski definition) is 0. The average Bonchev–Trinajstić information content (AvgIpc) is 3.12. The molecule has 0 saturated heterocycles. The molecular formula is C20H19N5O. The van der Waals surface area contributed by atoms with Crippen molar-refractivity contribution in [1.29, 1.82) is 0 Å². The first-order chi connectivity index (χ1) is 12.7. The lowest BCUT2D eigenvalue weighted by atomic mass is 9.99. The van der Waals surface area contributed by atoms with Gasteiger partial charge in [0.15, 0.2) is 5.82 Å². The van der Waals surface area contributed by atoms with Crippen molar-refractivity contribution in [3.05, 3.63) is 66.6 Å². The molecule has 4 rings (SSSR count). The second-order valence-corrected chi connectivity index (χ2v) is 6.30. The van der Waals surface area contributed by atoms with Gasteiger partial charge in [0.2, 0.25) is 5.91 Å². The van der Waals surface area contributed by atoms with E-state index >= 15 is 0 Å². The summed E-state index contributed by atoms with van der Waals surface area (Å²) in [4.78, 5) is 23.4. The third-order valence-electron chi connectivity index (χ3n) is 4.56. The van der Waals surface area contributed by atoms with Gasteiger partial charge in [-0.3, -0.25) is 9.48 Å². The summed E-state index contributed by atoms with van der Waals surface area (Å²) in [6.07, 6.45) is 5.85. The summed E-state index contributed by atoms with van der Waals surface area (Å²) in [5, 5.41) is 4.28. The maximum absolute atomic E-state index is 12.0. The molecule has 1 aromatic carbocycles. The summed E-state index contributed by atoms with van der Waals surface area (Å²) < 4.78 is 1.77. The lowest BCUT2D eigenvalue weighted by Crippen LogP contribution is -2.35. The molecule has 0 unspecified atom stereocenters. The van der Waals surface area contributed by atoms with Gasteiger partial charge in [-0.1, -0.05) is 36.9 Å². The number of benzene rings is 1. The van der Waals surface area contributed by atoms with E-state index in [0.717, 1.165) is 28.1 Å². The van der Waals surface area contributed by atoms with Crippen LogP contribution in [0.15, 0.2) is 55.4 Å². The number of rotatable bonds is 3. The number of nitrogens with zero attached hydrogens (tertiary/aromatic N) is 5. The van der Waals surface area contributed by atoms with Gasteiger partial charge >= 0.3 is 0 Å². The van der Waals surface area contributed by atoms with Crippen LogP contribution >= 0.6 is 0 Å². The normalized spacial score (nSPS) is 13.3. The Labute approximate surface area is 151 Å². The number of aromatic nitrogens is 4. The Kier molecular flexibility index (Phi) is 4.08. The van der Waals surface area contributed by atoms with Gasteiger partial charge < -0.3 is 4.90 Å². The van der Waals surface area contributed by atoms with Crippen molar-refractivity contribution in [3.8, 4) is 22.6 Å². The fourth-order valence-electron chi connectivity index (χ4n) is 3.25. The Morgan fingerprint density at radius 2 is 2.00 bits per heavy atom. The summed E-state index contributed by atoms with van der Waals surface area (Å²) in [7, 11) is 1.89. The maximum Gasteiger partial charge on any atom is 0.246 e. The van der Waals surface area contributed by atoms with Crippen molar-refractivity contribution in [2.75, 3.05) is 6.54 Å². The Balaban J connectivity index is 1.86. The smallest absolute Gasteiger partial charge is 0.246 e. The molecule has 0 saturated carbocycles. The lowest BCUT2D eigenvalue weighted by molar-refractivity contribution is -0.126. The number of carbonyl (C=O) groups excluding carboxylic acids is 1. The standard InChI is InChI=1S/C20H19N5O/c1-3-18(26)25-10-9-16-17(13-25)22-20(14-7-5-4-6-8-14)23-19(16)15-11-21-24(2)12-15/h3-8,11-12H,1,9-10,13H2,2H3. The van der Waals surface area contributed by atoms with Gasteiger partial charge in [0, 0.05) is 36.5 Å². The van der Waals surface area contributed by atoms with E-state index < -0.39 is 0 Å². The van der Waals surface area contributed by atoms with E-state index in [1.807, 2.05) is 49.8 Å². The molecule has 3 heterocycles. The minimum atomic E-state index is -0.0709. The third kappa shape index (κ3) is 2.90. The van der Waals surface area contributed by atoms with Crippen LogP contribution in [0, 0.1) is 0 Å². The highest BCUT2D eigenvalue weighted by molar-refractivity contribution is 5.87. The van der Waals surface area contributed by atoms with Crippen LogP contribution in [0.25, 0.3) is 22.6 Å². The van der Waals surface area contributed by atoms with E-state index in [0.29, 0.717) is 25.3 Å². The number of aryl methyl sites for hydroxylation is 1. The molecule has 0 aliphatic carbocycles. The van der Waals surface area contributed by atoms with Crippen LogP contribution in [0.4, 0.5) is 0 Å². The van der Waals surface area contributed by atoms with Crippen molar-refractivity contribution < 1.29 is 4.79 Å². The predicted octanol–water partition coefficient (Wildman–Crippen LogP) is 2.61. The zero-order valence-corrected chi connectivity index (χ0v) is 14.6. The quantitative estimate of drug-likeness (QED) is 0.685. The molecule has 3 aromatic rings. The van der Waals surface area contributed by atoms with Crippen molar-refractivity contribution in [1.82, 2.24) is 24.6 Å². The molecule has 0 spiro atoms. The Hall–Kier alpha value is -3.28. The number of hydrogen-bond acceptors (Lipinski definition) is 4. The van der Waals surface area contributed by atoms with E-state index in [-0.39, 0.29) is 5.91 Å². The fourth-order valence-corrected chi connectivity index (χ4v) is 3.25. The highest BCUT2D eigenvalue weighted by Crippen LogP contribution is 2.30. The minimum Gasteiger partial charge on any atom is -0.333 e. The average molecular weight is 345 g/mol. The van der Waals surface area contributed by atoms with Crippen molar-refractivity contribution >= 4 is 5.91 Å². The Bertz CT molecular complexity index is 977. The van der Waals surface area contributed by atoms with Crippen LogP contribution < -0.4 is 0 Å². The molecular weight excluding hydrogens is 326 g/mol. The SMILES string of the molecule is C=CC(=O)N1CCc2c(nc(-c3ccccc3)nc2-c2cnn(C)c2)C1. The largest absolute Gasteiger partial charge is 0.333 e. The van der Waals surface area contributed by atoms with Gasteiger partial charge in [-0.15, -0.1) is 0 Å². The first-order valence-electron chi connectivity index (χ1n) is 8.51. The molecule has 6 heteroatoms. The summed E-state index contributed by atoms with van der Waals surface area (Å²) in [5.41, 5.74) is 4.79. The number of carbonyl (C=O) groups is 1. The lowest BCUT2D eigenvalue weighted by Gasteiger charge is -2.28. The van der Waals surface area contributed by atoms with Crippen LogP contribution in [0.3, 0.4) is 0 Å². The topological polar surface area (TPSA) is 63.9 Å². The zero-order valence-electron chi connectivity index (χ0n) is 14.6. The Morgan fingerprint density at radius 3 is 2.69 bits per heavy atom. The van der Waals surface area contributed by atoms with Gasteiger partial charge in [-0.05, 0) is 12.5 Å². The van der Waals surface area contributed by atoms with Gasteiger partial charge in [0.25, 0.3) is 0 Å². The predicted molar refractivity (Wildman–Crippen MR) is 99.0 cm³/mol. The second-order valence-electron chi connectivity index (χ2n) is 6.30. The third-order valence-corrected chi connectivity index (χ3v) is 4.56. The molecule has 1 aliphatic heterocycles. The van der Waals surface area contributed by atoms with E-state index in [1.165, 1.54) is 6.08 Å². The summed E-state index contributed by atoms with van der Waals surface area (Å²) >= 11 is 0. The highest BCUT2D eigenvalue weighted by atomic mass is 16.2. The molecule has 1 aliphatic rings. The molecule has 2 aromatic heterocycles. The molecule has 6 nitrogen and oxygen atoms in total. The number of amides is 1. The first kappa shape index (κ1) is 16.2. The molecule has 0 N–H and O–H groups in total. The molecule has 0 bridgehead atoms. The van der Waals surface area contributed by atoms with E-state index in [2.05, 4.69) is 11.7 Å². The molecule has 0 atom stereocenters. The van der Waals surface area contributed by atoms with Crippen molar-refractivity contribution in [2.24, 2.45) is 7.05 Å². The maximum atomic E-state index is 12.0. The number of fused-ring (bicyclic) bond motifs is 1. The Morgan fingerprint density at radius 1 is 1.19 bits per heavy atom. The molecule has 0 radical (unpaired) electrons.